The van der Waals surface area contributed by atoms with Gasteiger partial charge in [0.05, 0.1) is 49.4 Å². The average Bonchev–Trinajstić information content (AvgIpc) is 3.03. The number of nitrogen functional groups attached to an aromatic ring is 2. The zero-order valence-electron chi connectivity index (χ0n) is 25.8. The van der Waals surface area contributed by atoms with Crippen molar-refractivity contribution in [1.29, 1.82) is 0 Å². The molecule has 0 amide bonds. The summed E-state index contributed by atoms with van der Waals surface area (Å²) in [6, 6.07) is 15.3. The van der Waals surface area contributed by atoms with Gasteiger partial charge in [-0.25, -0.2) is 14.4 Å². The third-order valence-electron chi connectivity index (χ3n) is 6.57. The largest absolute Gasteiger partial charge is 0.494 e. The Bertz CT molecular complexity index is 1480. The minimum Gasteiger partial charge on any atom is -0.494 e. The minimum atomic E-state index is -4.23. The Kier molecular flexibility index (Phi) is 13.9. The first-order valence-electron chi connectivity index (χ1n) is 14.8. The Morgan fingerprint density at radius 1 is 0.723 bits per heavy atom. The smallest absolute Gasteiger partial charge is 0.389 e. The van der Waals surface area contributed by atoms with E-state index in [1.54, 1.807) is 30.3 Å². The van der Waals surface area contributed by atoms with Crippen molar-refractivity contribution in [2.45, 2.75) is 44.7 Å². The number of alkyl halides is 3. The van der Waals surface area contributed by atoms with Gasteiger partial charge in [0, 0.05) is 12.5 Å². The van der Waals surface area contributed by atoms with Crippen molar-refractivity contribution in [1.82, 2.24) is 0 Å². The van der Waals surface area contributed by atoms with E-state index in [0.29, 0.717) is 29.9 Å². The van der Waals surface area contributed by atoms with Gasteiger partial charge in [-0.3, -0.25) is 0 Å². The van der Waals surface area contributed by atoms with E-state index in [-0.39, 0.29) is 54.5 Å². The summed E-state index contributed by atoms with van der Waals surface area (Å²) in [4.78, 5) is 36.7. The van der Waals surface area contributed by atoms with Crippen LogP contribution in [0.15, 0.2) is 66.7 Å². The maximum absolute atomic E-state index is 12.4. The van der Waals surface area contributed by atoms with Gasteiger partial charge in [-0.15, -0.1) is 0 Å². The van der Waals surface area contributed by atoms with E-state index >= 15 is 0 Å². The fourth-order valence-electron chi connectivity index (χ4n) is 4.18. The number of methoxy groups -OCH3 is 1. The molecule has 4 N–H and O–H groups in total. The van der Waals surface area contributed by atoms with Gasteiger partial charge in [-0.1, -0.05) is 12.1 Å². The van der Waals surface area contributed by atoms with Crippen LogP contribution in [0.1, 0.15) is 64.8 Å². The van der Waals surface area contributed by atoms with E-state index in [9.17, 15) is 27.6 Å². The van der Waals surface area contributed by atoms with Crippen LogP contribution in [0, 0.1) is 0 Å². The van der Waals surface area contributed by atoms with Crippen molar-refractivity contribution in [3.05, 3.63) is 83.4 Å². The van der Waals surface area contributed by atoms with E-state index in [2.05, 4.69) is 0 Å². The number of anilines is 2. The number of ether oxygens (including phenoxy) is 5. The molecule has 0 saturated carbocycles. The summed E-state index contributed by atoms with van der Waals surface area (Å²) in [6.07, 6.45) is 0.398. The summed E-state index contributed by atoms with van der Waals surface area (Å²) in [5.74, 6) is -0.701. The Labute approximate surface area is 270 Å². The molecule has 0 heterocycles. The summed E-state index contributed by atoms with van der Waals surface area (Å²) >= 11 is 0. The second-order valence-electron chi connectivity index (χ2n) is 10.3. The molecule has 0 aliphatic heterocycles. The Hall–Kier alpha value is -5.20. The fourth-order valence-corrected chi connectivity index (χ4v) is 4.18. The standard InChI is InChI=1S/C34H37F3N2O8/c1-43-31-28(38)21-25(22-29(31)39)32(41)46-19-5-3-2-4-18-45-30(40)16-9-23-7-12-27(13-8-23)47-33(42)24-10-14-26(15-11-24)44-20-6-17-34(35,36)37/h7-16,21-22H,2-6,17-20,38-39H2,1H3. The van der Waals surface area contributed by atoms with Crippen LogP contribution in [0.3, 0.4) is 0 Å². The van der Waals surface area contributed by atoms with Crippen molar-refractivity contribution in [2.75, 3.05) is 38.4 Å². The quantitative estimate of drug-likeness (QED) is 0.0523. The highest BCUT2D eigenvalue weighted by molar-refractivity contribution is 5.93. The molecule has 252 valence electrons. The molecule has 13 heteroatoms. The molecule has 3 aromatic carbocycles. The van der Waals surface area contributed by atoms with Gasteiger partial charge < -0.3 is 35.2 Å². The number of esters is 3. The molecule has 0 aromatic heterocycles. The van der Waals surface area contributed by atoms with Gasteiger partial charge in [0.15, 0.2) is 5.75 Å². The fraction of sp³-hybridized carbons (Fsp3) is 0.324. The van der Waals surface area contributed by atoms with E-state index < -0.39 is 30.5 Å². The molecule has 0 saturated heterocycles. The first-order chi connectivity index (χ1) is 22.4. The Morgan fingerprint density at radius 3 is 1.91 bits per heavy atom. The molecule has 0 aliphatic carbocycles. The number of rotatable bonds is 17. The monoisotopic (exact) mass is 658 g/mol. The van der Waals surface area contributed by atoms with Crippen molar-refractivity contribution in [3.63, 3.8) is 0 Å². The number of hydrogen-bond donors (Lipinski definition) is 2. The van der Waals surface area contributed by atoms with Gasteiger partial charge in [0.2, 0.25) is 0 Å². The third-order valence-corrected chi connectivity index (χ3v) is 6.57. The van der Waals surface area contributed by atoms with E-state index in [4.69, 9.17) is 35.2 Å². The third kappa shape index (κ3) is 13.0. The van der Waals surface area contributed by atoms with Crippen molar-refractivity contribution < 1.29 is 51.2 Å². The number of benzene rings is 3. The van der Waals surface area contributed by atoms with Crippen LogP contribution in [0.25, 0.3) is 6.08 Å². The molecule has 10 nitrogen and oxygen atoms in total. The summed E-state index contributed by atoms with van der Waals surface area (Å²) in [5, 5.41) is 0. The maximum atomic E-state index is 12.4. The van der Waals surface area contributed by atoms with Crippen molar-refractivity contribution in [2.24, 2.45) is 0 Å². The topological polar surface area (TPSA) is 149 Å². The predicted molar refractivity (Wildman–Crippen MR) is 169 cm³/mol. The molecule has 47 heavy (non-hydrogen) atoms. The molecule has 0 atom stereocenters. The first kappa shape index (κ1) is 36.3. The molecule has 0 fully saturated rings. The molecule has 0 bridgehead atoms. The van der Waals surface area contributed by atoms with Gasteiger partial charge in [-0.2, -0.15) is 13.2 Å². The molecule has 0 spiro atoms. The Balaban J connectivity index is 1.28. The second kappa shape index (κ2) is 18.1. The average molecular weight is 659 g/mol. The molecular weight excluding hydrogens is 621 g/mol. The van der Waals surface area contributed by atoms with Gasteiger partial charge in [0.25, 0.3) is 0 Å². The summed E-state index contributed by atoms with van der Waals surface area (Å²) in [7, 11) is 1.44. The lowest BCUT2D eigenvalue weighted by molar-refractivity contribution is -0.138. The normalized spacial score (nSPS) is 11.2. The zero-order valence-corrected chi connectivity index (χ0v) is 25.8. The van der Waals surface area contributed by atoms with Crippen molar-refractivity contribution in [3.8, 4) is 17.2 Å². The van der Waals surface area contributed by atoms with E-state index in [0.717, 1.165) is 12.8 Å². The van der Waals surface area contributed by atoms with Crippen molar-refractivity contribution >= 4 is 35.4 Å². The number of unbranched alkanes of at least 4 members (excludes halogenated alkanes) is 3. The summed E-state index contributed by atoms with van der Waals surface area (Å²) < 4.78 is 62.8. The predicted octanol–water partition coefficient (Wildman–Crippen LogP) is 6.77. The molecule has 3 rings (SSSR count). The molecule has 0 unspecified atom stereocenters. The second-order valence-corrected chi connectivity index (χ2v) is 10.3. The van der Waals surface area contributed by atoms with Gasteiger partial charge in [-0.05, 0) is 92.3 Å². The number of hydrogen-bond acceptors (Lipinski definition) is 10. The van der Waals surface area contributed by atoms with Gasteiger partial charge in [0.1, 0.15) is 11.5 Å². The van der Waals surface area contributed by atoms with Crippen LogP contribution in [-0.4, -0.2) is 51.0 Å². The highest BCUT2D eigenvalue weighted by atomic mass is 19.4. The van der Waals surface area contributed by atoms with Crippen LogP contribution >= 0.6 is 0 Å². The summed E-state index contributed by atoms with van der Waals surface area (Å²) in [6.45, 7) is 0.380. The van der Waals surface area contributed by atoms with Crippen LogP contribution in [-0.2, 0) is 14.3 Å². The lowest BCUT2D eigenvalue weighted by atomic mass is 10.1. The zero-order chi connectivity index (χ0) is 34.2. The molecule has 3 aromatic rings. The van der Waals surface area contributed by atoms with E-state index in [1.165, 1.54) is 49.6 Å². The molecular formula is C34H37F3N2O8. The minimum absolute atomic E-state index is 0.0922. The highest BCUT2D eigenvalue weighted by Crippen LogP contribution is 2.30. The molecule has 0 radical (unpaired) electrons. The van der Waals surface area contributed by atoms with Crippen LogP contribution in [0.4, 0.5) is 24.5 Å². The number of carbonyl (C=O) groups is 3. The Morgan fingerprint density at radius 2 is 1.32 bits per heavy atom. The maximum Gasteiger partial charge on any atom is 0.389 e. The number of halogens is 3. The van der Waals surface area contributed by atoms with Crippen LogP contribution in [0.5, 0.6) is 17.2 Å². The SMILES string of the molecule is COc1c(N)cc(C(=O)OCCCCCCOC(=O)C=Cc2ccc(OC(=O)c3ccc(OCCCC(F)(F)F)cc3)cc2)cc1N. The highest BCUT2D eigenvalue weighted by Gasteiger charge is 2.26. The van der Waals surface area contributed by atoms with Crippen LogP contribution < -0.4 is 25.7 Å². The number of nitrogens with two attached hydrogens (primary N) is 2. The number of carbonyl (C=O) groups excluding carboxylic acids is 3. The summed E-state index contributed by atoms with van der Waals surface area (Å²) in [5.41, 5.74) is 13.3. The van der Waals surface area contributed by atoms with E-state index in [1.807, 2.05) is 0 Å². The van der Waals surface area contributed by atoms with Gasteiger partial charge >= 0.3 is 24.1 Å². The van der Waals surface area contributed by atoms with Crippen LogP contribution in [0.2, 0.25) is 0 Å². The molecule has 0 aliphatic rings. The first-order valence-corrected chi connectivity index (χ1v) is 14.8. The lowest BCUT2D eigenvalue weighted by Crippen LogP contribution is -2.10. The lowest BCUT2D eigenvalue weighted by Gasteiger charge is -2.10.